The van der Waals surface area contributed by atoms with Crippen LogP contribution in [-0.2, 0) is 11.8 Å². The first kappa shape index (κ1) is 14.5. The largest absolute Gasteiger partial charge is 0.480 e. The van der Waals surface area contributed by atoms with Gasteiger partial charge in [-0.05, 0) is 26.2 Å². The fourth-order valence-corrected chi connectivity index (χ4v) is 2.81. The van der Waals surface area contributed by atoms with Crippen molar-refractivity contribution in [2.24, 2.45) is 7.05 Å². The number of hydrogen-bond donors (Lipinski definition) is 1. The van der Waals surface area contributed by atoms with Gasteiger partial charge in [0.15, 0.2) is 11.4 Å². The number of hydrogen-bond acceptors (Lipinski definition) is 5. The summed E-state index contributed by atoms with van der Waals surface area (Å²) in [5, 5.41) is 9.44. The smallest absolute Gasteiger partial charge is 0.327 e. The molecule has 7 nitrogen and oxygen atoms in total. The molecule has 2 heterocycles. The van der Waals surface area contributed by atoms with Crippen LogP contribution >= 0.6 is 0 Å². The zero-order chi connectivity index (χ0) is 16.1. The molecule has 22 heavy (non-hydrogen) atoms. The fraction of sp³-hybridized carbons (Fsp3) is 0.400. The lowest BCUT2D eigenvalue weighted by atomic mass is 9.88. The minimum Gasteiger partial charge on any atom is -0.480 e. The lowest BCUT2D eigenvalue weighted by Crippen LogP contribution is -2.73. The van der Waals surface area contributed by atoms with Gasteiger partial charge in [-0.3, -0.25) is 14.5 Å². The van der Waals surface area contributed by atoms with Crippen molar-refractivity contribution in [2.75, 3.05) is 32.1 Å². The first-order chi connectivity index (χ1) is 10.4. The molecule has 1 saturated heterocycles. The maximum absolute atomic E-state index is 12.5. The van der Waals surface area contributed by atoms with Crippen molar-refractivity contribution in [1.82, 2.24) is 14.5 Å². The van der Waals surface area contributed by atoms with E-state index in [2.05, 4.69) is 4.98 Å². The quantitative estimate of drug-likeness (QED) is 0.869. The maximum atomic E-state index is 12.5. The van der Waals surface area contributed by atoms with E-state index in [1.165, 1.54) is 0 Å². The Labute approximate surface area is 127 Å². The topological polar surface area (TPSA) is 78.7 Å². The van der Waals surface area contributed by atoms with Crippen molar-refractivity contribution in [3.05, 3.63) is 34.6 Å². The van der Waals surface area contributed by atoms with Crippen LogP contribution in [0.15, 0.2) is 29.1 Å². The van der Waals surface area contributed by atoms with Crippen molar-refractivity contribution >= 4 is 22.8 Å². The number of carboxylic acid groups (broad SMARTS) is 1. The van der Waals surface area contributed by atoms with E-state index in [-0.39, 0.29) is 18.6 Å². The molecular weight excluding hydrogens is 284 g/mol. The van der Waals surface area contributed by atoms with Crippen LogP contribution in [0.2, 0.25) is 0 Å². The van der Waals surface area contributed by atoms with Crippen LogP contribution in [0.3, 0.4) is 0 Å². The Morgan fingerprint density at radius 1 is 1.32 bits per heavy atom. The van der Waals surface area contributed by atoms with E-state index in [4.69, 9.17) is 0 Å². The van der Waals surface area contributed by atoms with Crippen LogP contribution in [0.5, 0.6) is 0 Å². The van der Waals surface area contributed by atoms with Crippen LogP contribution in [0.1, 0.15) is 0 Å². The fourth-order valence-electron chi connectivity index (χ4n) is 2.81. The number of nitrogens with zero attached hydrogens (tertiary/aromatic N) is 4. The summed E-state index contributed by atoms with van der Waals surface area (Å²) in [4.78, 5) is 31.8. The number of para-hydroxylation sites is 2. The zero-order valence-corrected chi connectivity index (χ0v) is 12.8. The predicted octanol–water partition coefficient (Wildman–Crippen LogP) is 0.138. The van der Waals surface area contributed by atoms with Crippen LogP contribution in [-0.4, -0.2) is 58.3 Å². The highest BCUT2D eigenvalue weighted by Crippen LogP contribution is 2.29. The minimum absolute atomic E-state index is 0.212. The summed E-state index contributed by atoms with van der Waals surface area (Å²) < 4.78 is 1.55. The number of aromatic nitrogens is 2. The third-order valence-corrected chi connectivity index (χ3v) is 4.42. The SMILES string of the molecule is CN(C)C1(C(=O)O)CN(c2nc3ccccc3n(C)c2=O)C1. The molecule has 2 aromatic rings. The van der Waals surface area contributed by atoms with Crippen LogP contribution in [0.25, 0.3) is 11.0 Å². The number of benzene rings is 1. The monoisotopic (exact) mass is 302 g/mol. The predicted molar refractivity (Wildman–Crippen MR) is 83.3 cm³/mol. The summed E-state index contributed by atoms with van der Waals surface area (Å²) >= 11 is 0. The van der Waals surface area contributed by atoms with E-state index in [1.54, 1.807) is 35.5 Å². The van der Waals surface area contributed by atoms with Gasteiger partial charge < -0.3 is 14.6 Å². The van der Waals surface area contributed by atoms with Crippen molar-refractivity contribution in [3.8, 4) is 0 Å². The van der Waals surface area contributed by atoms with Crippen molar-refractivity contribution in [3.63, 3.8) is 0 Å². The van der Waals surface area contributed by atoms with Gasteiger partial charge in [-0.2, -0.15) is 0 Å². The zero-order valence-electron chi connectivity index (χ0n) is 12.8. The second-order valence-corrected chi connectivity index (χ2v) is 5.88. The number of carbonyl (C=O) groups is 1. The van der Waals surface area contributed by atoms with Gasteiger partial charge in [0.05, 0.1) is 24.1 Å². The van der Waals surface area contributed by atoms with Gasteiger partial charge in [-0.1, -0.05) is 12.1 Å². The molecular formula is C15H18N4O3. The standard InChI is InChI=1S/C15H18N4O3/c1-17(2)15(14(21)22)8-19(9-15)12-13(20)18(3)11-7-5-4-6-10(11)16-12/h4-7H,8-9H2,1-3H3,(H,21,22). The summed E-state index contributed by atoms with van der Waals surface area (Å²) in [6, 6.07) is 7.40. The summed E-state index contributed by atoms with van der Waals surface area (Å²) in [6.07, 6.45) is 0. The molecule has 7 heteroatoms. The molecule has 0 saturated carbocycles. The van der Waals surface area contributed by atoms with E-state index in [0.717, 1.165) is 11.0 Å². The van der Waals surface area contributed by atoms with Gasteiger partial charge >= 0.3 is 5.97 Å². The first-order valence-electron chi connectivity index (χ1n) is 6.98. The van der Waals surface area contributed by atoms with E-state index >= 15 is 0 Å². The molecule has 1 aromatic carbocycles. The lowest BCUT2D eigenvalue weighted by Gasteiger charge is -2.50. The molecule has 0 atom stereocenters. The van der Waals surface area contributed by atoms with E-state index in [9.17, 15) is 14.7 Å². The molecule has 1 aliphatic heterocycles. The number of aliphatic carboxylic acids is 1. The second kappa shape index (κ2) is 4.81. The Hall–Kier alpha value is -2.41. The molecule has 1 fully saturated rings. The molecule has 0 aliphatic carbocycles. The molecule has 0 radical (unpaired) electrons. The second-order valence-electron chi connectivity index (χ2n) is 5.88. The van der Waals surface area contributed by atoms with E-state index < -0.39 is 11.5 Å². The molecule has 3 rings (SSSR count). The molecule has 116 valence electrons. The van der Waals surface area contributed by atoms with E-state index in [0.29, 0.717) is 5.82 Å². The Balaban J connectivity index is 2.02. The lowest BCUT2D eigenvalue weighted by molar-refractivity contribution is -0.151. The van der Waals surface area contributed by atoms with Gasteiger partial charge in [0.25, 0.3) is 5.56 Å². The average molecular weight is 302 g/mol. The number of aryl methyl sites for hydroxylation is 1. The van der Waals surface area contributed by atoms with Crippen molar-refractivity contribution in [1.29, 1.82) is 0 Å². The summed E-state index contributed by atoms with van der Waals surface area (Å²) in [5.41, 5.74) is 0.306. The summed E-state index contributed by atoms with van der Waals surface area (Å²) in [7, 11) is 5.17. The Kier molecular flexibility index (Phi) is 3.17. The normalized spacial score (nSPS) is 16.8. The molecule has 0 amide bonds. The Bertz CT molecular complexity index is 806. The van der Waals surface area contributed by atoms with Gasteiger partial charge in [-0.15, -0.1) is 0 Å². The number of likely N-dealkylation sites (N-methyl/N-ethyl adjacent to an activating group) is 1. The maximum Gasteiger partial charge on any atom is 0.327 e. The number of rotatable bonds is 3. The third-order valence-electron chi connectivity index (χ3n) is 4.42. The third kappa shape index (κ3) is 1.89. The number of carboxylic acids is 1. The van der Waals surface area contributed by atoms with Gasteiger partial charge in [0.1, 0.15) is 0 Å². The number of fused-ring (bicyclic) bond motifs is 1. The van der Waals surface area contributed by atoms with E-state index in [1.807, 2.05) is 24.3 Å². The highest BCUT2D eigenvalue weighted by Gasteiger charge is 2.52. The van der Waals surface area contributed by atoms with Gasteiger partial charge in [-0.25, -0.2) is 4.98 Å². The van der Waals surface area contributed by atoms with Crippen LogP contribution in [0.4, 0.5) is 5.82 Å². The molecule has 0 bridgehead atoms. The van der Waals surface area contributed by atoms with Crippen LogP contribution in [0, 0.1) is 0 Å². The molecule has 1 N–H and O–H groups in total. The van der Waals surface area contributed by atoms with Gasteiger partial charge in [0, 0.05) is 7.05 Å². The highest BCUT2D eigenvalue weighted by atomic mass is 16.4. The highest BCUT2D eigenvalue weighted by molar-refractivity contribution is 5.84. The summed E-state index contributed by atoms with van der Waals surface area (Å²) in [5.74, 6) is -0.578. The number of anilines is 1. The van der Waals surface area contributed by atoms with Gasteiger partial charge in [0.2, 0.25) is 0 Å². The van der Waals surface area contributed by atoms with Crippen molar-refractivity contribution in [2.45, 2.75) is 5.54 Å². The molecule has 1 aromatic heterocycles. The molecule has 0 unspecified atom stereocenters. The van der Waals surface area contributed by atoms with Crippen LogP contribution < -0.4 is 10.5 Å². The Morgan fingerprint density at radius 3 is 2.55 bits per heavy atom. The summed E-state index contributed by atoms with van der Waals surface area (Å²) in [6.45, 7) is 0.492. The molecule has 0 spiro atoms. The molecule has 1 aliphatic rings. The Morgan fingerprint density at radius 2 is 1.95 bits per heavy atom. The van der Waals surface area contributed by atoms with Crippen molar-refractivity contribution < 1.29 is 9.90 Å². The minimum atomic E-state index is -0.960. The average Bonchev–Trinajstić information content (AvgIpc) is 2.42. The first-order valence-corrected chi connectivity index (χ1v) is 6.98.